The summed E-state index contributed by atoms with van der Waals surface area (Å²) >= 11 is 0. The van der Waals surface area contributed by atoms with Gasteiger partial charge in [-0.3, -0.25) is 14.4 Å². The van der Waals surface area contributed by atoms with E-state index < -0.39 is 54.0 Å². The second kappa shape index (κ2) is 15.1. The van der Waals surface area contributed by atoms with Gasteiger partial charge in [0, 0.05) is 18.3 Å². The summed E-state index contributed by atoms with van der Waals surface area (Å²) in [4.78, 5) is 57.0. The predicted octanol–water partition coefficient (Wildman–Crippen LogP) is -1.63. The molecule has 0 radical (unpaired) electrons. The van der Waals surface area contributed by atoms with E-state index in [1.165, 1.54) is 19.4 Å². The third-order valence-corrected chi connectivity index (χ3v) is 5.79. The lowest BCUT2D eigenvalue weighted by Crippen LogP contribution is -2.59. The molecule has 0 bridgehead atoms. The molecule has 0 aliphatic heterocycles. The quantitative estimate of drug-likeness (QED) is 0.123. The molecule has 3 amide bonds. The lowest BCUT2D eigenvalue weighted by molar-refractivity contribution is -0.144. The number of carboxylic acids is 1. The summed E-state index contributed by atoms with van der Waals surface area (Å²) in [6.07, 6.45) is 3.64. The van der Waals surface area contributed by atoms with Gasteiger partial charge in [0.05, 0.1) is 12.4 Å². The van der Waals surface area contributed by atoms with Crippen LogP contribution in [0.3, 0.4) is 0 Å². The van der Waals surface area contributed by atoms with Crippen LogP contribution in [0.1, 0.15) is 52.1 Å². The zero-order valence-electron chi connectivity index (χ0n) is 20.5. The Bertz CT molecular complexity index is 817. The van der Waals surface area contributed by atoms with Gasteiger partial charge in [-0.1, -0.05) is 20.3 Å². The molecule has 0 saturated carbocycles. The van der Waals surface area contributed by atoms with Gasteiger partial charge in [0.1, 0.15) is 24.2 Å². The summed E-state index contributed by atoms with van der Waals surface area (Å²) in [6, 6.07) is -4.57. The van der Waals surface area contributed by atoms with Gasteiger partial charge in [0.15, 0.2) is 0 Å². The Labute approximate surface area is 204 Å². The number of carbonyl (C=O) groups is 4. The molecule has 1 aromatic rings. The predicted molar refractivity (Wildman–Crippen MR) is 128 cm³/mol. The highest BCUT2D eigenvalue weighted by Gasteiger charge is 2.32. The fourth-order valence-electron chi connectivity index (χ4n) is 3.28. The summed E-state index contributed by atoms with van der Waals surface area (Å²) in [7, 11) is 0. The number of nitrogens with one attached hydrogen (secondary N) is 4. The Morgan fingerprint density at radius 1 is 1.06 bits per heavy atom. The number of aromatic amines is 1. The summed E-state index contributed by atoms with van der Waals surface area (Å²) < 4.78 is 0. The maximum atomic E-state index is 13.2. The highest BCUT2D eigenvalue weighted by atomic mass is 16.4. The molecule has 35 heavy (non-hydrogen) atoms. The minimum atomic E-state index is -1.26. The van der Waals surface area contributed by atoms with Crippen molar-refractivity contribution in [3.8, 4) is 0 Å². The van der Waals surface area contributed by atoms with Gasteiger partial charge in [0.2, 0.25) is 17.7 Å². The van der Waals surface area contributed by atoms with Crippen molar-refractivity contribution in [1.29, 1.82) is 0 Å². The number of H-pyrrole nitrogens is 1. The number of aliphatic hydroxyl groups is 1. The maximum absolute atomic E-state index is 13.2. The molecule has 0 fully saturated rings. The van der Waals surface area contributed by atoms with Crippen molar-refractivity contribution in [1.82, 2.24) is 25.9 Å². The Kier molecular flexibility index (Phi) is 12.9. The Morgan fingerprint density at radius 2 is 1.69 bits per heavy atom. The fourth-order valence-corrected chi connectivity index (χ4v) is 3.28. The molecule has 10 N–H and O–H groups in total. The zero-order valence-corrected chi connectivity index (χ0v) is 20.5. The number of aromatic nitrogens is 2. The van der Waals surface area contributed by atoms with Crippen LogP contribution in [0.25, 0.3) is 0 Å². The molecular formula is C22H39N7O6. The molecule has 198 valence electrons. The van der Waals surface area contributed by atoms with Gasteiger partial charge < -0.3 is 42.6 Å². The monoisotopic (exact) mass is 497 g/mol. The van der Waals surface area contributed by atoms with Gasteiger partial charge in [-0.2, -0.15) is 0 Å². The lowest BCUT2D eigenvalue weighted by atomic mass is 9.98. The van der Waals surface area contributed by atoms with Crippen LogP contribution in [-0.4, -0.2) is 80.7 Å². The van der Waals surface area contributed by atoms with Crippen LogP contribution >= 0.6 is 0 Å². The Morgan fingerprint density at radius 3 is 2.20 bits per heavy atom. The zero-order chi connectivity index (χ0) is 26.5. The SMILES string of the molecule is CCC(C)C(NC(=O)C(CCCCN)NC(=O)C(Cc1cnc[nH]1)NC(=O)C(N)C(C)O)C(=O)O. The fraction of sp³-hybridized carbons (Fsp3) is 0.682. The number of hydrogen-bond donors (Lipinski definition) is 8. The van der Waals surface area contributed by atoms with E-state index in [9.17, 15) is 29.4 Å². The maximum Gasteiger partial charge on any atom is 0.326 e. The second-order valence-electron chi connectivity index (χ2n) is 8.66. The van der Waals surface area contributed by atoms with Crippen molar-refractivity contribution in [3.63, 3.8) is 0 Å². The molecule has 6 atom stereocenters. The number of imidazole rings is 1. The number of carboxylic acid groups (broad SMARTS) is 1. The standard InChI is InChI=1S/C22H39N7O6/c1-4-12(2)18(22(34)35)29-19(31)15(7-5-6-8-23)27-20(32)16(9-14-10-25-11-26-14)28-21(33)17(24)13(3)30/h10-13,15-18,30H,4-9,23-24H2,1-3H3,(H,25,26)(H,27,32)(H,28,33)(H,29,31)(H,34,35). The first-order chi connectivity index (χ1) is 16.5. The number of hydrogen-bond acceptors (Lipinski definition) is 8. The molecule has 1 rings (SSSR count). The van der Waals surface area contributed by atoms with Crippen LogP contribution in [0.4, 0.5) is 0 Å². The third kappa shape index (κ3) is 10.0. The summed E-state index contributed by atoms with van der Waals surface area (Å²) in [5.41, 5.74) is 11.8. The molecule has 0 spiro atoms. The number of aliphatic carboxylic acids is 1. The largest absolute Gasteiger partial charge is 0.480 e. The number of rotatable bonds is 16. The van der Waals surface area contributed by atoms with Gasteiger partial charge in [-0.15, -0.1) is 0 Å². The van der Waals surface area contributed by atoms with Gasteiger partial charge in [-0.25, -0.2) is 9.78 Å². The molecule has 1 heterocycles. The van der Waals surface area contributed by atoms with Crippen LogP contribution in [0.5, 0.6) is 0 Å². The lowest BCUT2D eigenvalue weighted by Gasteiger charge is -2.26. The number of aliphatic hydroxyl groups excluding tert-OH is 1. The van der Waals surface area contributed by atoms with Gasteiger partial charge in [-0.05, 0) is 38.6 Å². The first kappa shape index (κ1) is 30.0. The van der Waals surface area contributed by atoms with E-state index in [2.05, 4.69) is 25.9 Å². The Hall–Kier alpha value is -3.03. The number of nitrogens with two attached hydrogens (primary N) is 2. The normalized spacial score (nSPS) is 16.3. The van der Waals surface area contributed by atoms with Gasteiger partial charge in [0.25, 0.3) is 0 Å². The molecule has 6 unspecified atom stereocenters. The highest BCUT2D eigenvalue weighted by molar-refractivity contribution is 5.94. The van der Waals surface area contributed by atoms with Crippen molar-refractivity contribution in [2.75, 3.05) is 6.54 Å². The van der Waals surface area contributed by atoms with E-state index in [1.807, 2.05) is 6.92 Å². The van der Waals surface area contributed by atoms with E-state index in [0.717, 1.165) is 0 Å². The van der Waals surface area contributed by atoms with Crippen molar-refractivity contribution in [3.05, 3.63) is 18.2 Å². The molecule has 13 nitrogen and oxygen atoms in total. The van der Waals surface area contributed by atoms with Crippen LogP contribution in [0, 0.1) is 5.92 Å². The van der Waals surface area contributed by atoms with Crippen molar-refractivity contribution in [2.45, 2.75) is 83.1 Å². The summed E-state index contributed by atoms with van der Waals surface area (Å²) in [5, 5.41) is 26.8. The summed E-state index contributed by atoms with van der Waals surface area (Å²) in [5.74, 6) is -3.56. The molecule has 13 heteroatoms. The molecule has 0 aromatic carbocycles. The van der Waals surface area contributed by atoms with Crippen LogP contribution < -0.4 is 27.4 Å². The van der Waals surface area contributed by atoms with Crippen molar-refractivity contribution < 1.29 is 29.4 Å². The molecular weight excluding hydrogens is 458 g/mol. The first-order valence-corrected chi connectivity index (χ1v) is 11.8. The van der Waals surface area contributed by atoms with Crippen molar-refractivity contribution in [2.24, 2.45) is 17.4 Å². The van der Waals surface area contributed by atoms with E-state index >= 15 is 0 Å². The Balaban J connectivity index is 3.07. The van der Waals surface area contributed by atoms with E-state index in [-0.39, 0.29) is 18.8 Å². The molecule has 0 aliphatic rings. The van der Waals surface area contributed by atoms with E-state index in [4.69, 9.17) is 11.5 Å². The number of unbranched alkanes of at least 4 members (excludes halogenated alkanes) is 1. The summed E-state index contributed by atoms with van der Waals surface area (Å²) in [6.45, 7) is 5.27. The second-order valence-corrected chi connectivity index (χ2v) is 8.66. The first-order valence-electron chi connectivity index (χ1n) is 11.8. The third-order valence-electron chi connectivity index (χ3n) is 5.79. The smallest absolute Gasteiger partial charge is 0.326 e. The number of amides is 3. The van der Waals surface area contributed by atoms with Crippen LogP contribution in [-0.2, 0) is 25.6 Å². The van der Waals surface area contributed by atoms with Crippen molar-refractivity contribution >= 4 is 23.7 Å². The number of nitrogens with zero attached hydrogens (tertiary/aromatic N) is 1. The topological polar surface area (TPSA) is 226 Å². The number of carbonyl (C=O) groups excluding carboxylic acids is 3. The molecule has 1 aromatic heterocycles. The average molecular weight is 498 g/mol. The van der Waals surface area contributed by atoms with E-state index in [0.29, 0.717) is 31.5 Å². The van der Waals surface area contributed by atoms with E-state index in [1.54, 1.807) is 6.92 Å². The average Bonchev–Trinajstić information content (AvgIpc) is 3.33. The molecule has 0 saturated heterocycles. The minimum Gasteiger partial charge on any atom is -0.480 e. The van der Waals surface area contributed by atoms with Gasteiger partial charge >= 0.3 is 5.97 Å². The highest BCUT2D eigenvalue weighted by Crippen LogP contribution is 2.10. The molecule has 0 aliphatic carbocycles. The van der Waals surface area contributed by atoms with Crippen LogP contribution in [0.15, 0.2) is 12.5 Å². The van der Waals surface area contributed by atoms with Crippen LogP contribution in [0.2, 0.25) is 0 Å². The minimum absolute atomic E-state index is 0.0197.